The fraction of sp³-hybridized carbons (Fsp3) is 0.280. The van der Waals surface area contributed by atoms with Crippen LogP contribution in [0.15, 0.2) is 53.9 Å². The lowest BCUT2D eigenvalue weighted by atomic mass is 9.83. The predicted octanol–water partition coefficient (Wildman–Crippen LogP) is 4.70. The molecule has 0 spiro atoms. The first kappa shape index (κ1) is 22.2. The number of nitrogens with two attached hydrogens (primary N) is 1. The minimum absolute atomic E-state index is 0.0300. The summed E-state index contributed by atoms with van der Waals surface area (Å²) in [5.74, 6) is 0.590. The van der Waals surface area contributed by atoms with Gasteiger partial charge in [0.2, 0.25) is 11.8 Å². The molecule has 0 radical (unpaired) electrons. The zero-order valence-corrected chi connectivity index (χ0v) is 18.5. The van der Waals surface area contributed by atoms with Gasteiger partial charge >= 0.3 is 0 Å². The lowest BCUT2D eigenvalue weighted by Gasteiger charge is -2.25. The number of aryl methyl sites for hydroxylation is 1. The molecule has 4 rings (SSSR count). The summed E-state index contributed by atoms with van der Waals surface area (Å²) in [6.07, 6.45) is 1.65. The zero-order valence-electron chi connectivity index (χ0n) is 18.5. The molecular weight excluding hydrogens is 423 g/mol. The van der Waals surface area contributed by atoms with Gasteiger partial charge < -0.3 is 19.9 Å². The largest absolute Gasteiger partial charge is 0.490 e. The molecule has 170 valence electrons. The van der Waals surface area contributed by atoms with Crippen molar-refractivity contribution < 1.29 is 18.6 Å². The molecule has 1 aromatic heterocycles. The second kappa shape index (κ2) is 9.65. The Hall–Kier alpha value is -3.99. The summed E-state index contributed by atoms with van der Waals surface area (Å²) in [5, 5.41) is 17.1. The number of allylic oxidation sites excluding steroid dienone is 1. The lowest BCUT2D eigenvalue weighted by Crippen LogP contribution is -2.21. The number of ether oxygens (including phenoxy) is 3. The maximum atomic E-state index is 14.0. The molecule has 1 aliphatic rings. The Morgan fingerprint density at radius 3 is 2.73 bits per heavy atom. The molecule has 0 amide bonds. The summed E-state index contributed by atoms with van der Waals surface area (Å²) in [6.45, 7) is 4.41. The van der Waals surface area contributed by atoms with Crippen LogP contribution in [0.4, 0.5) is 4.39 Å². The number of aromatic nitrogens is 2. The summed E-state index contributed by atoms with van der Waals surface area (Å²) in [4.78, 5) is 0. The number of halogens is 1. The van der Waals surface area contributed by atoms with Crippen molar-refractivity contribution in [2.75, 3.05) is 6.61 Å². The van der Waals surface area contributed by atoms with E-state index in [1.807, 2.05) is 19.1 Å². The van der Waals surface area contributed by atoms with Crippen LogP contribution in [0.5, 0.6) is 17.4 Å². The molecule has 3 N–H and O–H groups in total. The first-order chi connectivity index (χ1) is 16.1. The molecule has 2 aromatic carbocycles. The molecule has 0 bridgehead atoms. The standard InChI is InChI=1S/C25H25FN4O3/c1-3-7-19-23-22(17(13-27)24(28)33-25(23)30-29-19)15-10-11-20(21(12-15)31-4-2)32-14-16-8-5-6-9-18(16)26/h5-6,8-12,22H,3-4,7,14,28H2,1-2H3,(H,29,30)/t22-/m1/s1. The lowest BCUT2D eigenvalue weighted by molar-refractivity contribution is 0.265. The number of rotatable bonds is 8. The summed E-state index contributed by atoms with van der Waals surface area (Å²) in [7, 11) is 0. The van der Waals surface area contributed by atoms with Crippen LogP contribution >= 0.6 is 0 Å². The van der Waals surface area contributed by atoms with Crippen molar-refractivity contribution in [3.8, 4) is 23.4 Å². The number of nitrogens with zero attached hydrogens (tertiary/aromatic N) is 2. The first-order valence-corrected chi connectivity index (χ1v) is 10.8. The van der Waals surface area contributed by atoms with Gasteiger partial charge in [0, 0.05) is 16.8 Å². The molecule has 0 saturated carbocycles. The molecule has 2 heterocycles. The van der Waals surface area contributed by atoms with Crippen molar-refractivity contribution in [1.82, 2.24) is 10.2 Å². The minimum Gasteiger partial charge on any atom is -0.490 e. The third-order valence-electron chi connectivity index (χ3n) is 5.46. The molecule has 0 aliphatic carbocycles. The highest BCUT2D eigenvalue weighted by Gasteiger charge is 2.35. The number of H-pyrrole nitrogens is 1. The van der Waals surface area contributed by atoms with Gasteiger partial charge in [-0.25, -0.2) is 4.39 Å². The van der Waals surface area contributed by atoms with E-state index in [0.717, 1.165) is 29.7 Å². The van der Waals surface area contributed by atoms with Gasteiger partial charge in [0.25, 0.3) is 0 Å². The van der Waals surface area contributed by atoms with E-state index in [1.54, 1.807) is 24.3 Å². The van der Waals surface area contributed by atoms with E-state index in [0.29, 0.717) is 35.1 Å². The molecule has 7 nitrogen and oxygen atoms in total. The second-order valence-corrected chi connectivity index (χ2v) is 7.62. The van der Waals surface area contributed by atoms with Gasteiger partial charge in [0.15, 0.2) is 11.5 Å². The van der Waals surface area contributed by atoms with Crippen LogP contribution < -0.4 is 19.9 Å². The van der Waals surface area contributed by atoms with Crippen molar-refractivity contribution in [2.45, 2.75) is 39.2 Å². The van der Waals surface area contributed by atoms with E-state index < -0.39 is 5.92 Å². The van der Waals surface area contributed by atoms with Gasteiger partial charge in [-0.2, -0.15) is 5.26 Å². The number of aromatic amines is 1. The van der Waals surface area contributed by atoms with Gasteiger partial charge in [0.1, 0.15) is 24.1 Å². The second-order valence-electron chi connectivity index (χ2n) is 7.62. The molecule has 8 heteroatoms. The number of nitrogens with one attached hydrogen (secondary N) is 1. The molecule has 1 atom stereocenters. The maximum Gasteiger partial charge on any atom is 0.244 e. The van der Waals surface area contributed by atoms with Gasteiger partial charge in [0.05, 0.1) is 12.5 Å². The Bertz CT molecular complexity index is 1230. The van der Waals surface area contributed by atoms with Crippen LogP contribution in [0.25, 0.3) is 0 Å². The summed E-state index contributed by atoms with van der Waals surface area (Å²) < 4.78 is 31.3. The highest BCUT2D eigenvalue weighted by atomic mass is 19.1. The van der Waals surface area contributed by atoms with Crippen LogP contribution in [0, 0.1) is 17.1 Å². The number of nitriles is 1. The van der Waals surface area contributed by atoms with Crippen LogP contribution in [0.2, 0.25) is 0 Å². The van der Waals surface area contributed by atoms with Crippen LogP contribution in [0.3, 0.4) is 0 Å². The van der Waals surface area contributed by atoms with E-state index in [2.05, 4.69) is 23.2 Å². The summed E-state index contributed by atoms with van der Waals surface area (Å²) in [5.41, 5.74) is 9.30. The van der Waals surface area contributed by atoms with E-state index in [-0.39, 0.29) is 18.3 Å². The topological polar surface area (TPSA) is 106 Å². The summed E-state index contributed by atoms with van der Waals surface area (Å²) >= 11 is 0. The summed E-state index contributed by atoms with van der Waals surface area (Å²) in [6, 6.07) is 14.1. The molecule has 33 heavy (non-hydrogen) atoms. The van der Waals surface area contributed by atoms with Gasteiger partial charge in [-0.15, -0.1) is 5.10 Å². The number of hydrogen-bond acceptors (Lipinski definition) is 6. The van der Waals surface area contributed by atoms with Gasteiger partial charge in [-0.05, 0) is 37.1 Å². The fourth-order valence-corrected chi connectivity index (χ4v) is 3.95. The molecule has 0 saturated heterocycles. The Labute approximate surface area is 191 Å². The van der Waals surface area contributed by atoms with E-state index in [4.69, 9.17) is 19.9 Å². The van der Waals surface area contributed by atoms with E-state index >= 15 is 0 Å². The van der Waals surface area contributed by atoms with Gasteiger partial charge in [-0.1, -0.05) is 37.6 Å². The number of benzene rings is 2. The van der Waals surface area contributed by atoms with Crippen LogP contribution in [-0.4, -0.2) is 16.8 Å². The maximum absolute atomic E-state index is 14.0. The van der Waals surface area contributed by atoms with Crippen molar-refractivity contribution in [3.63, 3.8) is 0 Å². The third-order valence-corrected chi connectivity index (χ3v) is 5.46. The highest BCUT2D eigenvalue weighted by Crippen LogP contribution is 2.45. The molecule has 3 aromatic rings. The normalized spacial score (nSPS) is 14.9. The number of fused-ring (bicyclic) bond motifs is 1. The zero-order chi connectivity index (χ0) is 23.4. The van der Waals surface area contributed by atoms with Crippen LogP contribution in [-0.2, 0) is 13.0 Å². The molecule has 0 fully saturated rings. The average molecular weight is 448 g/mol. The quantitative estimate of drug-likeness (QED) is 0.518. The minimum atomic E-state index is -0.459. The Morgan fingerprint density at radius 1 is 1.18 bits per heavy atom. The van der Waals surface area contributed by atoms with Crippen molar-refractivity contribution in [3.05, 3.63) is 82.1 Å². The number of hydrogen-bond donors (Lipinski definition) is 2. The Kier molecular flexibility index (Phi) is 6.50. The molecule has 0 unspecified atom stereocenters. The first-order valence-electron chi connectivity index (χ1n) is 10.8. The third kappa shape index (κ3) is 4.35. The monoisotopic (exact) mass is 448 g/mol. The van der Waals surface area contributed by atoms with E-state index in [1.165, 1.54) is 6.07 Å². The van der Waals surface area contributed by atoms with Crippen molar-refractivity contribution in [1.29, 1.82) is 5.26 Å². The predicted molar refractivity (Wildman–Crippen MR) is 120 cm³/mol. The van der Waals surface area contributed by atoms with Crippen molar-refractivity contribution >= 4 is 0 Å². The molecular formula is C25H25FN4O3. The average Bonchev–Trinajstić information content (AvgIpc) is 3.20. The fourth-order valence-electron chi connectivity index (χ4n) is 3.95. The molecule has 1 aliphatic heterocycles. The Balaban J connectivity index is 1.73. The SMILES string of the molecule is CCCc1[nH]nc2c1[C@H](c1ccc(OCc3ccccc3F)c(OCC)c1)C(C#N)=C(N)O2. The highest BCUT2D eigenvalue weighted by molar-refractivity contribution is 5.57. The van der Waals surface area contributed by atoms with Crippen LogP contribution in [0.1, 0.15) is 48.6 Å². The van der Waals surface area contributed by atoms with Crippen molar-refractivity contribution in [2.24, 2.45) is 5.73 Å². The smallest absolute Gasteiger partial charge is 0.244 e. The Morgan fingerprint density at radius 2 is 2.00 bits per heavy atom. The van der Waals surface area contributed by atoms with Gasteiger partial charge in [-0.3, -0.25) is 5.10 Å². The van der Waals surface area contributed by atoms with E-state index in [9.17, 15) is 9.65 Å².